The molecule has 0 saturated heterocycles. The molecule has 6 nitrogen and oxygen atoms in total. The summed E-state index contributed by atoms with van der Waals surface area (Å²) in [5.41, 5.74) is 0.227. The van der Waals surface area contributed by atoms with Crippen LogP contribution in [0.5, 0.6) is 0 Å². The molecule has 0 aromatic rings. The number of aliphatic imine (C=N–C) groups is 1. The zero-order valence-electron chi connectivity index (χ0n) is 16.4. The molecular formula is C18H35N3O3S. The van der Waals surface area contributed by atoms with Crippen LogP contribution in [0.25, 0.3) is 0 Å². The molecule has 0 amide bonds. The van der Waals surface area contributed by atoms with Gasteiger partial charge in [0, 0.05) is 31.7 Å². The predicted molar refractivity (Wildman–Crippen MR) is 103 cm³/mol. The predicted octanol–water partition coefficient (Wildman–Crippen LogP) is 2.10. The molecule has 2 rings (SSSR count). The number of sulfone groups is 1. The standard InChI is InChI=1S/C18H35N3O3S/c1-6-24-15-13-14(18(15)9-7-8-10-18)21-16(19-5)20-11-12-25(22,23)17(2,3)4/h14-15H,6-13H2,1-5H3,(H2,19,20,21). The minimum absolute atomic E-state index is 0.106. The normalized spacial score (nSPS) is 26.5. The number of hydrogen-bond donors (Lipinski definition) is 2. The molecule has 2 saturated carbocycles. The molecule has 1 spiro atoms. The Morgan fingerprint density at radius 1 is 1.28 bits per heavy atom. The molecule has 146 valence electrons. The van der Waals surface area contributed by atoms with Gasteiger partial charge in [-0.05, 0) is 47.0 Å². The summed E-state index contributed by atoms with van der Waals surface area (Å²) < 4.78 is 29.6. The van der Waals surface area contributed by atoms with Gasteiger partial charge >= 0.3 is 0 Å². The van der Waals surface area contributed by atoms with E-state index in [2.05, 4.69) is 22.5 Å². The number of guanidine groups is 1. The number of rotatable bonds is 6. The van der Waals surface area contributed by atoms with Gasteiger partial charge in [0.25, 0.3) is 0 Å². The molecule has 25 heavy (non-hydrogen) atoms. The third-order valence-electron chi connectivity index (χ3n) is 5.82. The van der Waals surface area contributed by atoms with Gasteiger partial charge in [-0.15, -0.1) is 0 Å². The Bertz CT molecular complexity index is 575. The van der Waals surface area contributed by atoms with Gasteiger partial charge in [-0.1, -0.05) is 12.8 Å². The molecule has 0 aliphatic heterocycles. The highest BCUT2D eigenvalue weighted by Crippen LogP contribution is 2.54. The van der Waals surface area contributed by atoms with Crippen LogP contribution < -0.4 is 10.6 Å². The third kappa shape index (κ3) is 4.30. The molecular weight excluding hydrogens is 338 g/mol. The molecule has 2 aliphatic carbocycles. The fraction of sp³-hybridized carbons (Fsp3) is 0.944. The average molecular weight is 374 g/mol. The first-order valence-corrected chi connectivity index (χ1v) is 11.1. The van der Waals surface area contributed by atoms with Crippen LogP contribution in [0.4, 0.5) is 0 Å². The van der Waals surface area contributed by atoms with Gasteiger partial charge in [0.2, 0.25) is 0 Å². The fourth-order valence-corrected chi connectivity index (χ4v) is 5.04. The van der Waals surface area contributed by atoms with E-state index in [1.165, 1.54) is 25.7 Å². The molecule has 2 fully saturated rings. The minimum atomic E-state index is -3.13. The second kappa shape index (κ2) is 7.82. The zero-order chi connectivity index (χ0) is 18.7. The van der Waals surface area contributed by atoms with Gasteiger partial charge in [0.15, 0.2) is 15.8 Å². The highest BCUT2D eigenvalue weighted by molar-refractivity contribution is 7.92. The first-order valence-electron chi connectivity index (χ1n) is 9.47. The smallest absolute Gasteiger partial charge is 0.191 e. The Hall–Kier alpha value is -0.820. The molecule has 7 heteroatoms. The molecule has 0 radical (unpaired) electrons. The number of nitrogens with one attached hydrogen (secondary N) is 2. The summed E-state index contributed by atoms with van der Waals surface area (Å²) in [5.74, 6) is 0.796. The van der Waals surface area contributed by atoms with Gasteiger partial charge in [-0.3, -0.25) is 4.99 Å². The van der Waals surface area contributed by atoms with E-state index in [4.69, 9.17) is 4.74 Å². The van der Waals surface area contributed by atoms with E-state index >= 15 is 0 Å². The second-order valence-corrected chi connectivity index (χ2v) is 11.1. The van der Waals surface area contributed by atoms with Crippen molar-refractivity contribution in [2.45, 2.75) is 76.7 Å². The van der Waals surface area contributed by atoms with Gasteiger partial charge in [0.05, 0.1) is 16.6 Å². The lowest BCUT2D eigenvalue weighted by Crippen LogP contribution is -2.65. The maximum atomic E-state index is 12.2. The average Bonchev–Trinajstić information content (AvgIpc) is 3.03. The Morgan fingerprint density at radius 3 is 2.44 bits per heavy atom. The quantitative estimate of drug-likeness (QED) is 0.551. The molecule has 0 aromatic heterocycles. The van der Waals surface area contributed by atoms with Crippen molar-refractivity contribution in [1.82, 2.24) is 10.6 Å². The number of hydrogen-bond acceptors (Lipinski definition) is 4. The number of ether oxygens (including phenoxy) is 1. The summed E-state index contributed by atoms with van der Waals surface area (Å²) >= 11 is 0. The van der Waals surface area contributed by atoms with Gasteiger partial charge in [-0.2, -0.15) is 0 Å². The van der Waals surface area contributed by atoms with Crippen molar-refractivity contribution in [1.29, 1.82) is 0 Å². The SMILES string of the molecule is CCOC1CC(NC(=NC)NCCS(=O)(=O)C(C)(C)C)C12CCCC2. The summed E-state index contributed by atoms with van der Waals surface area (Å²) in [6.45, 7) is 8.40. The van der Waals surface area contributed by atoms with Crippen LogP contribution >= 0.6 is 0 Å². The highest BCUT2D eigenvalue weighted by Gasteiger charge is 2.56. The van der Waals surface area contributed by atoms with Crippen LogP contribution in [0.1, 0.15) is 59.8 Å². The lowest BCUT2D eigenvalue weighted by atomic mass is 9.60. The van der Waals surface area contributed by atoms with E-state index < -0.39 is 14.6 Å². The van der Waals surface area contributed by atoms with Crippen molar-refractivity contribution >= 4 is 15.8 Å². The van der Waals surface area contributed by atoms with Gasteiger partial charge < -0.3 is 15.4 Å². The summed E-state index contributed by atoms with van der Waals surface area (Å²) in [6.07, 6.45) is 6.26. The van der Waals surface area contributed by atoms with Crippen molar-refractivity contribution in [2.24, 2.45) is 10.4 Å². The van der Waals surface area contributed by atoms with Crippen LogP contribution in [0.3, 0.4) is 0 Å². The number of nitrogens with zero attached hydrogens (tertiary/aromatic N) is 1. The van der Waals surface area contributed by atoms with Crippen LogP contribution in [0.2, 0.25) is 0 Å². The molecule has 2 unspecified atom stereocenters. The molecule has 2 N–H and O–H groups in total. The van der Waals surface area contributed by atoms with Crippen molar-refractivity contribution in [3.05, 3.63) is 0 Å². The lowest BCUT2D eigenvalue weighted by Gasteiger charge is -2.54. The Morgan fingerprint density at radius 2 is 1.92 bits per heavy atom. The molecule has 2 aliphatic rings. The summed E-state index contributed by atoms with van der Waals surface area (Å²) in [5, 5.41) is 6.68. The second-order valence-electron chi connectivity index (χ2n) is 8.25. The molecule has 0 aromatic carbocycles. The monoisotopic (exact) mass is 373 g/mol. The van der Waals surface area contributed by atoms with E-state index in [0.717, 1.165) is 13.0 Å². The van der Waals surface area contributed by atoms with E-state index in [-0.39, 0.29) is 11.2 Å². The van der Waals surface area contributed by atoms with Crippen LogP contribution in [-0.4, -0.2) is 57.2 Å². The van der Waals surface area contributed by atoms with E-state index in [9.17, 15) is 8.42 Å². The molecule has 2 atom stereocenters. The Kier molecular flexibility index (Phi) is 6.41. The molecule has 0 heterocycles. The highest BCUT2D eigenvalue weighted by atomic mass is 32.2. The van der Waals surface area contributed by atoms with Crippen molar-refractivity contribution in [3.8, 4) is 0 Å². The maximum Gasteiger partial charge on any atom is 0.191 e. The summed E-state index contributed by atoms with van der Waals surface area (Å²) in [4.78, 5) is 4.28. The maximum absolute atomic E-state index is 12.2. The van der Waals surface area contributed by atoms with E-state index in [0.29, 0.717) is 24.7 Å². The Labute approximate surface area is 153 Å². The van der Waals surface area contributed by atoms with Crippen molar-refractivity contribution in [3.63, 3.8) is 0 Å². The van der Waals surface area contributed by atoms with E-state index in [1.807, 2.05) is 0 Å². The lowest BCUT2D eigenvalue weighted by molar-refractivity contribution is -0.125. The Balaban J connectivity index is 1.89. The topological polar surface area (TPSA) is 79.8 Å². The summed E-state index contributed by atoms with van der Waals surface area (Å²) in [6, 6.07) is 0.358. The van der Waals surface area contributed by atoms with Gasteiger partial charge in [0.1, 0.15) is 0 Å². The third-order valence-corrected chi connectivity index (χ3v) is 8.43. The van der Waals surface area contributed by atoms with Gasteiger partial charge in [-0.25, -0.2) is 8.42 Å². The largest absolute Gasteiger partial charge is 0.378 e. The minimum Gasteiger partial charge on any atom is -0.378 e. The van der Waals surface area contributed by atoms with Crippen LogP contribution in [0.15, 0.2) is 4.99 Å². The first-order chi connectivity index (χ1) is 11.7. The van der Waals surface area contributed by atoms with Crippen LogP contribution in [0, 0.1) is 5.41 Å². The fourth-order valence-electron chi connectivity index (χ4n) is 4.06. The van der Waals surface area contributed by atoms with Crippen molar-refractivity contribution < 1.29 is 13.2 Å². The first kappa shape index (κ1) is 20.5. The summed E-state index contributed by atoms with van der Waals surface area (Å²) in [7, 11) is -1.40. The van der Waals surface area contributed by atoms with Crippen molar-refractivity contribution in [2.75, 3.05) is 26.0 Å². The zero-order valence-corrected chi connectivity index (χ0v) is 17.2. The molecule has 0 bridgehead atoms. The van der Waals surface area contributed by atoms with Crippen LogP contribution in [-0.2, 0) is 14.6 Å². The van der Waals surface area contributed by atoms with E-state index in [1.54, 1.807) is 27.8 Å².